The molecule has 160 valence electrons. The smallest absolute Gasteiger partial charge is 0.231 e. The lowest BCUT2D eigenvalue weighted by Gasteiger charge is -2.42. The number of aromatic hydroxyl groups is 1. The number of rotatable bonds is 4. The first kappa shape index (κ1) is 19.2. The topological polar surface area (TPSA) is 69.6 Å². The standard InChI is InChI=1S/C23H27NO6/c1-13-21(14-8-19(26-2)22(25)20(9-14)27-3)15-10-17-18(29-12-28-17)11-16(15)30-23(13)24-6-4-5-7-24/h8-11,13,21,23,25H,4-7,12H2,1-3H3/t13-,21-,23-/m0/s1. The molecule has 0 aromatic heterocycles. The van der Waals surface area contributed by atoms with Crippen LogP contribution in [0.3, 0.4) is 0 Å². The van der Waals surface area contributed by atoms with Crippen molar-refractivity contribution in [3.05, 3.63) is 35.4 Å². The van der Waals surface area contributed by atoms with Crippen LogP contribution < -0.4 is 23.7 Å². The second kappa shape index (κ2) is 7.47. The van der Waals surface area contributed by atoms with Crippen molar-refractivity contribution in [2.24, 2.45) is 5.92 Å². The van der Waals surface area contributed by atoms with Gasteiger partial charge in [-0.3, -0.25) is 4.90 Å². The maximum Gasteiger partial charge on any atom is 0.231 e. The fourth-order valence-electron chi connectivity index (χ4n) is 4.95. The van der Waals surface area contributed by atoms with Gasteiger partial charge >= 0.3 is 0 Å². The first-order valence-electron chi connectivity index (χ1n) is 10.4. The highest BCUT2D eigenvalue weighted by Crippen LogP contribution is 2.51. The minimum Gasteiger partial charge on any atom is -0.502 e. The quantitative estimate of drug-likeness (QED) is 0.819. The summed E-state index contributed by atoms with van der Waals surface area (Å²) >= 11 is 0. The first-order chi connectivity index (χ1) is 14.6. The fraction of sp³-hybridized carbons (Fsp3) is 0.478. The van der Waals surface area contributed by atoms with E-state index in [4.69, 9.17) is 23.7 Å². The molecule has 2 aromatic carbocycles. The van der Waals surface area contributed by atoms with E-state index in [1.807, 2.05) is 24.3 Å². The Bertz CT molecular complexity index is 930. The van der Waals surface area contributed by atoms with Crippen LogP contribution in [-0.2, 0) is 0 Å². The van der Waals surface area contributed by atoms with Gasteiger partial charge in [0.15, 0.2) is 29.2 Å². The Balaban J connectivity index is 1.66. The van der Waals surface area contributed by atoms with Gasteiger partial charge in [0.1, 0.15) is 5.75 Å². The Morgan fingerprint density at radius 1 is 0.933 bits per heavy atom. The summed E-state index contributed by atoms with van der Waals surface area (Å²) in [7, 11) is 3.09. The van der Waals surface area contributed by atoms with Gasteiger partial charge in [-0.15, -0.1) is 0 Å². The molecule has 1 N–H and O–H groups in total. The molecular formula is C23H27NO6. The second-order valence-electron chi connectivity index (χ2n) is 8.11. The van der Waals surface area contributed by atoms with Crippen LogP contribution >= 0.6 is 0 Å². The maximum atomic E-state index is 10.4. The molecule has 7 nitrogen and oxygen atoms in total. The number of likely N-dealkylation sites (tertiary alicyclic amines) is 1. The van der Waals surface area contributed by atoms with Crippen LogP contribution in [0.15, 0.2) is 24.3 Å². The van der Waals surface area contributed by atoms with E-state index < -0.39 is 0 Å². The Labute approximate surface area is 176 Å². The third-order valence-electron chi connectivity index (χ3n) is 6.43. The average molecular weight is 413 g/mol. The van der Waals surface area contributed by atoms with Crippen molar-refractivity contribution in [3.63, 3.8) is 0 Å². The molecule has 3 heterocycles. The van der Waals surface area contributed by atoms with E-state index in [-0.39, 0.29) is 30.6 Å². The molecule has 2 aromatic rings. The summed E-state index contributed by atoms with van der Waals surface area (Å²) in [5.41, 5.74) is 2.04. The maximum absolute atomic E-state index is 10.4. The largest absolute Gasteiger partial charge is 0.502 e. The van der Waals surface area contributed by atoms with Crippen molar-refractivity contribution in [2.45, 2.75) is 31.9 Å². The van der Waals surface area contributed by atoms with Crippen LogP contribution in [0.1, 0.15) is 36.8 Å². The third kappa shape index (κ3) is 2.99. The van der Waals surface area contributed by atoms with Gasteiger partial charge in [0, 0.05) is 36.6 Å². The predicted octanol–water partition coefficient (Wildman–Crippen LogP) is 3.72. The van der Waals surface area contributed by atoms with Crippen molar-refractivity contribution in [1.82, 2.24) is 4.90 Å². The average Bonchev–Trinajstić information content (AvgIpc) is 3.44. The number of phenolic OH excluding ortho intramolecular Hbond substituents is 1. The number of ether oxygens (including phenoxy) is 5. The number of nitrogens with zero attached hydrogens (tertiary/aromatic N) is 1. The van der Waals surface area contributed by atoms with Gasteiger partial charge in [0.05, 0.1) is 14.2 Å². The van der Waals surface area contributed by atoms with Crippen molar-refractivity contribution >= 4 is 0 Å². The van der Waals surface area contributed by atoms with E-state index in [1.165, 1.54) is 12.8 Å². The zero-order valence-electron chi connectivity index (χ0n) is 17.5. The number of methoxy groups -OCH3 is 2. The Morgan fingerprint density at radius 2 is 1.57 bits per heavy atom. The van der Waals surface area contributed by atoms with E-state index in [0.29, 0.717) is 17.2 Å². The lowest BCUT2D eigenvalue weighted by Crippen LogP contribution is -2.46. The van der Waals surface area contributed by atoms with Crippen LogP contribution in [-0.4, -0.2) is 50.3 Å². The van der Waals surface area contributed by atoms with Crippen LogP contribution in [0.5, 0.6) is 34.5 Å². The number of hydrogen-bond donors (Lipinski definition) is 1. The van der Waals surface area contributed by atoms with E-state index in [9.17, 15) is 5.11 Å². The Kier molecular flexibility index (Phi) is 4.77. The zero-order valence-corrected chi connectivity index (χ0v) is 17.5. The molecule has 7 heteroatoms. The summed E-state index contributed by atoms with van der Waals surface area (Å²) in [4.78, 5) is 2.42. The highest BCUT2D eigenvalue weighted by Gasteiger charge is 2.42. The van der Waals surface area contributed by atoms with E-state index >= 15 is 0 Å². The summed E-state index contributed by atoms with van der Waals surface area (Å²) in [6.45, 7) is 4.50. The van der Waals surface area contributed by atoms with Gasteiger partial charge in [-0.2, -0.15) is 0 Å². The fourth-order valence-corrected chi connectivity index (χ4v) is 4.95. The molecule has 30 heavy (non-hydrogen) atoms. The number of benzene rings is 2. The third-order valence-corrected chi connectivity index (χ3v) is 6.43. The summed E-state index contributed by atoms with van der Waals surface area (Å²) in [5.74, 6) is 3.21. The normalized spacial score (nSPS) is 25.0. The molecule has 0 aliphatic carbocycles. The molecule has 5 rings (SSSR count). The first-order valence-corrected chi connectivity index (χ1v) is 10.4. The van der Waals surface area contributed by atoms with Crippen molar-refractivity contribution < 1.29 is 28.8 Å². The van der Waals surface area contributed by atoms with E-state index in [2.05, 4.69) is 11.8 Å². The summed E-state index contributed by atoms with van der Waals surface area (Å²) in [6.07, 6.45) is 2.33. The van der Waals surface area contributed by atoms with Crippen molar-refractivity contribution in [2.75, 3.05) is 34.1 Å². The SMILES string of the molecule is COc1cc([C@H]2c3cc4c(cc3O[C@H](N3CCCC3)[C@H]2C)OCO4)cc(OC)c1O. The monoisotopic (exact) mass is 413 g/mol. The molecular weight excluding hydrogens is 386 g/mol. The van der Waals surface area contributed by atoms with Gasteiger partial charge in [-0.1, -0.05) is 6.92 Å². The highest BCUT2D eigenvalue weighted by atomic mass is 16.7. The molecule has 3 atom stereocenters. The van der Waals surface area contributed by atoms with Crippen molar-refractivity contribution in [1.29, 1.82) is 0 Å². The van der Waals surface area contributed by atoms with Crippen LogP contribution in [0, 0.1) is 5.92 Å². The zero-order chi connectivity index (χ0) is 20.8. The van der Waals surface area contributed by atoms with Gasteiger partial charge in [0.25, 0.3) is 0 Å². The van der Waals surface area contributed by atoms with Crippen LogP contribution in [0.25, 0.3) is 0 Å². The Morgan fingerprint density at radius 3 is 2.20 bits per heavy atom. The minimum atomic E-state index is -0.0452. The van der Waals surface area contributed by atoms with Gasteiger partial charge in [-0.25, -0.2) is 0 Å². The van der Waals surface area contributed by atoms with Gasteiger partial charge in [-0.05, 0) is 36.6 Å². The number of hydrogen-bond acceptors (Lipinski definition) is 7. The van der Waals surface area contributed by atoms with Gasteiger partial charge in [0.2, 0.25) is 12.5 Å². The minimum absolute atomic E-state index is 0.00506. The molecule has 0 spiro atoms. The van der Waals surface area contributed by atoms with E-state index in [0.717, 1.165) is 35.7 Å². The molecule has 3 aliphatic rings. The second-order valence-corrected chi connectivity index (χ2v) is 8.11. The molecule has 0 radical (unpaired) electrons. The van der Waals surface area contributed by atoms with Crippen LogP contribution in [0.2, 0.25) is 0 Å². The highest BCUT2D eigenvalue weighted by molar-refractivity contribution is 5.59. The molecule has 0 bridgehead atoms. The van der Waals surface area contributed by atoms with Gasteiger partial charge < -0.3 is 28.8 Å². The number of fused-ring (bicyclic) bond motifs is 2. The molecule has 1 fully saturated rings. The lowest BCUT2D eigenvalue weighted by atomic mass is 9.78. The molecule has 3 aliphatic heterocycles. The Hall–Kier alpha value is -2.80. The molecule has 1 saturated heterocycles. The lowest BCUT2D eigenvalue weighted by molar-refractivity contribution is -0.0178. The molecule has 0 saturated carbocycles. The number of phenols is 1. The van der Waals surface area contributed by atoms with Crippen LogP contribution in [0.4, 0.5) is 0 Å². The summed E-state index contributed by atoms with van der Waals surface area (Å²) in [5, 5.41) is 10.4. The summed E-state index contributed by atoms with van der Waals surface area (Å²) in [6, 6.07) is 7.73. The van der Waals surface area contributed by atoms with Crippen molar-refractivity contribution in [3.8, 4) is 34.5 Å². The van der Waals surface area contributed by atoms with E-state index in [1.54, 1.807) is 14.2 Å². The predicted molar refractivity (Wildman–Crippen MR) is 110 cm³/mol. The molecule has 0 unspecified atom stereocenters. The summed E-state index contributed by atoms with van der Waals surface area (Å²) < 4.78 is 28.6. The molecule has 0 amide bonds.